The molecule has 5 rings (SSSR count). The van der Waals surface area contributed by atoms with Crippen LogP contribution in [0, 0.1) is 17.2 Å². The summed E-state index contributed by atoms with van der Waals surface area (Å²) in [5.41, 5.74) is 4.44. The Labute approximate surface area is 234 Å². The van der Waals surface area contributed by atoms with Crippen LogP contribution in [0.25, 0.3) is 11.1 Å². The van der Waals surface area contributed by atoms with E-state index in [2.05, 4.69) is 41.0 Å². The number of piperidine rings is 1. The minimum absolute atomic E-state index is 0.0412. The van der Waals surface area contributed by atoms with Crippen LogP contribution >= 0.6 is 23.2 Å². The van der Waals surface area contributed by atoms with Gasteiger partial charge in [0, 0.05) is 34.2 Å². The van der Waals surface area contributed by atoms with E-state index in [1.54, 1.807) is 18.2 Å². The highest BCUT2D eigenvalue weighted by Crippen LogP contribution is 2.46. The molecule has 0 aromatic heterocycles. The molecule has 3 aromatic carbocycles. The molecular formula is C31H32Cl2N4O. The van der Waals surface area contributed by atoms with E-state index < -0.39 is 0 Å². The van der Waals surface area contributed by atoms with Crippen molar-refractivity contribution in [2.45, 2.75) is 43.6 Å². The van der Waals surface area contributed by atoms with Crippen LogP contribution in [0.4, 0.5) is 10.5 Å². The summed E-state index contributed by atoms with van der Waals surface area (Å²) < 4.78 is 0. The number of nitriles is 1. The van der Waals surface area contributed by atoms with Crippen LogP contribution in [-0.4, -0.2) is 37.1 Å². The maximum absolute atomic E-state index is 13.6. The largest absolute Gasteiger partial charge is 0.324 e. The second-order valence-corrected chi connectivity index (χ2v) is 11.4. The van der Waals surface area contributed by atoms with Gasteiger partial charge in [-0.3, -0.25) is 0 Å². The Morgan fingerprint density at radius 3 is 2.37 bits per heavy atom. The second-order valence-electron chi connectivity index (χ2n) is 10.6. The van der Waals surface area contributed by atoms with Gasteiger partial charge in [0.05, 0.1) is 11.6 Å². The minimum atomic E-state index is -0.168. The van der Waals surface area contributed by atoms with Gasteiger partial charge in [0.1, 0.15) is 0 Å². The van der Waals surface area contributed by atoms with Gasteiger partial charge >= 0.3 is 6.03 Å². The zero-order chi connectivity index (χ0) is 26.7. The van der Waals surface area contributed by atoms with Gasteiger partial charge in [0.2, 0.25) is 0 Å². The number of hydrogen-bond acceptors (Lipinski definition) is 3. The lowest BCUT2D eigenvalue weighted by molar-refractivity contribution is 0.123. The molecule has 0 bridgehead atoms. The van der Waals surface area contributed by atoms with Gasteiger partial charge in [-0.25, -0.2) is 4.79 Å². The first-order valence-electron chi connectivity index (χ1n) is 13.2. The van der Waals surface area contributed by atoms with Crippen molar-refractivity contribution in [2.75, 3.05) is 25.5 Å². The second kappa shape index (κ2) is 11.4. The van der Waals surface area contributed by atoms with Crippen LogP contribution in [0.1, 0.15) is 43.2 Å². The summed E-state index contributed by atoms with van der Waals surface area (Å²) in [5.74, 6) is 0.649. The van der Waals surface area contributed by atoms with Crippen LogP contribution < -0.4 is 10.6 Å². The molecule has 1 heterocycles. The fourth-order valence-electron chi connectivity index (χ4n) is 5.85. The van der Waals surface area contributed by atoms with E-state index in [0.29, 0.717) is 27.2 Å². The molecule has 2 aliphatic rings. The highest BCUT2D eigenvalue weighted by atomic mass is 35.5. The van der Waals surface area contributed by atoms with Crippen LogP contribution in [-0.2, 0) is 5.41 Å². The molecule has 1 saturated heterocycles. The number of anilines is 1. The third-order valence-corrected chi connectivity index (χ3v) is 8.51. The van der Waals surface area contributed by atoms with E-state index in [9.17, 15) is 10.1 Å². The average Bonchev–Trinajstić information content (AvgIpc) is 3.76. The maximum atomic E-state index is 13.6. The summed E-state index contributed by atoms with van der Waals surface area (Å²) >= 11 is 12.4. The van der Waals surface area contributed by atoms with E-state index in [-0.39, 0.29) is 17.5 Å². The van der Waals surface area contributed by atoms with E-state index in [1.165, 1.54) is 18.4 Å². The molecule has 5 nitrogen and oxygen atoms in total. The van der Waals surface area contributed by atoms with Crippen molar-refractivity contribution >= 4 is 34.9 Å². The summed E-state index contributed by atoms with van der Waals surface area (Å²) in [6.07, 6.45) is 5.32. The summed E-state index contributed by atoms with van der Waals surface area (Å²) in [5, 5.41) is 16.8. The van der Waals surface area contributed by atoms with Gasteiger partial charge in [-0.2, -0.15) is 5.26 Å². The maximum Gasteiger partial charge on any atom is 0.321 e. The molecule has 1 aliphatic heterocycles. The number of amides is 2. The van der Waals surface area contributed by atoms with Crippen LogP contribution in [0.3, 0.4) is 0 Å². The number of likely N-dealkylation sites (N-methyl/N-ethyl adjacent to an activating group) is 1. The third-order valence-electron chi connectivity index (χ3n) is 8.07. The predicted octanol–water partition coefficient (Wildman–Crippen LogP) is 7.49. The van der Waals surface area contributed by atoms with Crippen molar-refractivity contribution in [3.05, 3.63) is 87.9 Å². The average molecular weight is 548 g/mol. The lowest BCUT2D eigenvalue weighted by Gasteiger charge is -2.48. The molecule has 1 aliphatic carbocycles. The number of nitrogens with zero attached hydrogens (tertiary/aromatic N) is 2. The van der Waals surface area contributed by atoms with Crippen molar-refractivity contribution in [1.29, 1.82) is 5.26 Å². The van der Waals surface area contributed by atoms with Crippen molar-refractivity contribution in [1.82, 2.24) is 10.2 Å². The van der Waals surface area contributed by atoms with Gasteiger partial charge in [-0.15, -0.1) is 0 Å². The number of benzene rings is 3. The Hall–Kier alpha value is -3.04. The lowest BCUT2D eigenvalue weighted by Crippen LogP contribution is -2.56. The van der Waals surface area contributed by atoms with Crippen LogP contribution in [0.5, 0.6) is 0 Å². The molecule has 0 radical (unpaired) electrons. The fraction of sp³-hybridized carbons (Fsp3) is 0.355. The lowest BCUT2D eigenvalue weighted by atomic mass is 9.66. The van der Waals surface area contributed by atoms with Crippen molar-refractivity contribution in [2.24, 2.45) is 5.92 Å². The molecule has 7 heteroatoms. The predicted molar refractivity (Wildman–Crippen MR) is 155 cm³/mol. The molecule has 38 heavy (non-hydrogen) atoms. The number of nitrogens with one attached hydrogen (secondary N) is 2. The fourth-order valence-corrected chi connectivity index (χ4v) is 6.38. The number of carbonyl (C=O) groups excluding carboxylic acids is 1. The number of halogens is 2. The zero-order valence-electron chi connectivity index (χ0n) is 21.5. The van der Waals surface area contributed by atoms with E-state index in [1.807, 2.05) is 36.2 Å². The zero-order valence-corrected chi connectivity index (χ0v) is 23.0. The molecule has 1 saturated carbocycles. The molecular weight excluding hydrogens is 515 g/mol. The highest BCUT2D eigenvalue weighted by Gasteiger charge is 2.46. The van der Waals surface area contributed by atoms with E-state index in [4.69, 9.17) is 23.2 Å². The van der Waals surface area contributed by atoms with Crippen LogP contribution in [0.15, 0.2) is 66.7 Å². The number of urea groups is 1. The molecule has 2 N–H and O–H groups in total. The summed E-state index contributed by atoms with van der Waals surface area (Å²) in [6, 6.07) is 23.6. The molecule has 3 aromatic rings. The third kappa shape index (κ3) is 5.83. The van der Waals surface area contributed by atoms with Gasteiger partial charge in [0.15, 0.2) is 0 Å². The monoisotopic (exact) mass is 546 g/mol. The standard InChI is InChI=1S/C31H32Cl2N4O/c1-37(30(38)36-28-18-26(32)17-27(33)19-28)29(16-21-5-6-21)31(11-13-35-14-12-31)25-9-7-23(8-10-25)24-4-2-3-22(15-24)20-34/h2-4,7-10,15,17-19,21,29,35H,5-6,11-14,16H2,1H3,(H,36,38). The Morgan fingerprint density at radius 2 is 1.74 bits per heavy atom. The van der Waals surface area contributed by atoms with Crippen LogP contribution in [0.2, 0.25) is 10.0 Å². The molecule has 1 atom stereocenters. The number of carbonyl (C=O) groups is 1. The summed E-state index contributed by atoms with van der Waals surface area (Å²) in [6.45, 7) is 1.82. The summed E-state index contributed by atoms with van der Waals surface area (Å²) in [7, 11) is 1.92. The normalized spacial score (nSPS) is 17.3. The van der Waals surface area contributed by atoms with Gasteiger partial charge in [0.25, 0.3) is 0 Å². The molecule has 2 amide bonds. The van der Waals surface area contributed by atoms with E-state index >= 15 is 0 Å². The Kier molecular flexibility index (Phi) is 7.95. The first-order valence-corrected chi connectivity index (χ1v) is 14.0. The van der Waals surface area contributed by atoms with Gasteiger partial charge < -0.3 is 15.5 Å². The van der Waals surface area contributed by atoms with Gasteiger partial charge in [-0.1, -0.05) is 72.4 Å². The van der Waals surface area contributed by atoms with E-state index in [0.717, 1.165) is 43.5 Å². The Morgan fingerprint density at radius 1 is 1.05 bits per heavy atom. The first kappa shape index (κ1) is 26.6. The van der Waals surface area contributed by atoms with Gasteiger partial charge in [-0.05, 0) is 85.3 Å². The highest BCUT2D eigenvalue weighted by molar-refractivity contribution is 6.35. The van der Waals surface area contributed by atoms with Crippen molar-refractivity contribution in [3.63, 3.8) is 0 Å². The minimum Gasteiger partial charge on any atom is -0.324 e. The summed E-state index contributed by atoms with van der Waals surface area (Å²) in [4.78, 5) is 15.5. The topological polar surface area (TPSA) is 68.2 Å². The number of hydrogen-bond donors (Lipinski definition) is 2. The van der Waals surface area contributed by atoms with Crippen molar-refractivity contribution in [3.8, 4) is 17.2 Å². The Bertz CT molecular complexity index is 1320. The quantitative estimate of drug-likeness (QED) is 0.322. The molecule has 1 unspecified atom stereocenters. The molecule has 0 spiro atoms. The Balaban J connectivity index is 1.46. The van der Waals surface area contributed by atoms with Crippen molar-refractivity contribution < 1.29 is 4.79 Å². The smallest absolute Gasteiger partial charge is 0.321 e. The molecule has 196 valence electrons. The molecule has 2 fully saturated rings. The first-order chi connectivity index (χ1) is 18.4. The SMILES string of the molecule is CN(C(=O)Nc1cc(Cl)cc(Cl)c1)C(CC1CC1)C1(c2ccc(-c3cccc(C#N)c3)cc2)CCNCC1. The number of rotatable bonds is 7.